The molecule has 19 heavy (non-hydrogen) atoms. The molecule has 2 aliphatic heterocycles. The van der Waals surface area contributed by atoms with Crippen LogP contribution in [0.3, 0.4) is 0 Å². The van der Waals surface area contributed by atoms with Gasteiger partial charge in [0.25, 0.3) is 0 Å². The summed E-state index contributed by atoms with van der Waals surface area (Å²) in [7, 11) is 1.98. The zero-order valence-electron chi connectivity index (χ0n) is 11.6. The van der Waals surface area contributed by atoms with Crippen LogP contribution in [0.15, 0.2) is 12.4 Å². The molecule has 108 valence electrons. The van der Waals surface area contributed by atoms with Crippen LogP contribution < -0.4 is 5.32 Å². The van der Waals surface area contributed by atoms with Gasteiger partial charge in [-0.2, -0.15) is 5.10 Å². The van der Waals surface area contributed by atoms with Crippen LogP contribution >= 0.6 is 12.4 Å². The fourth-order valence-electron chi connectivity index (χ4n) is 3.11. The third-order valence-electron chi connectivity index (χ3n) is 4.08. The van der Waals surface area contributed by atoms with Crippen LogP contribution in [0.25, 0.3) is 0 Å². The summed E-state index contributed by atoms with van der Waals surface area (Å²) < 4.78 is 1.89. The van der Waals surface area contributed by atoms with Crippen molar-refractivity contribution in [3.05, 3.63) is 18.0 Å². The minimum absolute atomic E-state index is 0. The summed E-state index contributed by atoms with van der Waals surface area (Å²) in [4.78, 5) is 5.21. The molecule has 1 N–H and O–H groups in total. The Morgan fingerprint density at radius 2 is 2.11 bits per heavy atom. The van der Waals surface area contributed by atoms with E-state index in [1.165, 1.54) is 38.2 Å². The SMILES string of the molecule is Cl.Cn1cc(CN2CCC(N3CCNCC3)C2)cn1. The molecule has 5 nitrogen and oxygen atoms in total. The van der Waals surface area contributed by atoms with Gasteiger partial charge in [0.05, 0.1) is 6.20 Å². The number of halogens is 1. The number of nitrogens with zero attached hydrogens (tertiary/aromatic N) is 4. The van der Waals surface area contributed by atoms with E-state index in [-0.39, 0.29) is 12.4 Å². The first-order valence-corrected chi connectivity index (χ1v) is 6.96. The molecule has 0 amide bonds. The Balaban J connectivity index is 0.00000133. The number of likely N-dealkylation sites (tertiary alicyclic amines) is 1. The van der Waals surface area contributed by atoms with Gasteiger partial charge in [-0.3, -0.25) is 14.5 Å². The Labute approximate surface area is 121 Å². The van der Waals surface area contributed by atoms with Crippen LogP contribution in [0.2, 0.25) is 0 Å². The summed E-state index contributed by atoms with van der Waals surface area (Å²) >= 11 is 0. The number of hydrogen-bond donors (Lipinski definition) is 1. The molecule has 2 fully saturated rings. The van der Waals surface area contributed by atoms with Gasteiger partial charge < -0.3 is 5.32 Å². The van der Waals surface area contributed by atoms with Gasteiger partial charge >= 0.3 is 0 Å². The Hall–Kier alpha value is -0.620. The van der Waals surface area contributed by atoms with Crippen molar-refractivity contribution in [1.29, 1.82) is 0 Å². The zero-order valence-corrected chi connectivity index (χ0v) is 12.4. The number of piperazine rings is 1. The number of aromatic nitrogens is 2. The standard InChI is InChI=1S/C13H23N5.ClH/c1-16-9-12(8-15-16)10-17-5-2-13(11-17)18-6-3-14-4-7-18;/h8-9,13-14H,2-7,10-11H2,1H3;1H. The largest absolute Gasteiger partial charge is 0.314 e. The van der Waals surface area contributed by atoms with Crippen LogP contribution in [0, 0.1) is 0 Å². The molecule has 0 aliphatic carbocycles. The van der Waals surface area contributed by atoms with E-state index in [4.69, 9.17) is 0 Å². The van der Waals surface area contributed by atoms with Crippen LogP contribution in [0.5, 0.6) is 0 Å². The van der Waals surface area contributed by atoms with Gasteiger partial charge in [-0.15, -0.1) is 12.4 Å². The monoisotopic (exact) mass is 285 g/mol. The van der Waals surface area contributed by atoms with Crippen molar-refractivity contribution in [2.24, 2.45) is 7.05 Å². The molecule has 1 aromatic heterocycles. The second kappa shape index (κ2) is 6.70. The first kappa shape index (κ1) is 14.8. The Bertz CT molecular complexity index is 388. The zero-order chi connectivity index (χ0) is 12.4. The molecule has 3 heterocycles. The highest BCUT2D eigenvalue weighted by molar-refractivity contribution is 5.85. The second-order valence-electron chi connectivity index (χ2n) is 5.49. The van der Waals surface area contributed by atoms with E-state index >= 15 is 0 Å². The van der Waals surface area contributed by atoms with Gasteiger partial charge in [0.2, 0.25) is 0 Å². The summed E-state index contributed by atoms with van der Waals surface area (Å²) in [5.74, 6) is 0. The molecule has 2 saturated heterocycles. The summed E-state index contributed by atoms with van der Waals surface area (Å²) in [6.07, 6.45) is 5.43. The van der Waals surface area contributed by atoms with E-state index in [1.807, 2.05) is 17.9 Å². The van der Waals surface area contributed by atoms with Crippen molar-refractivity contribution in [2.45, 2.75) is 19.0 Å². The van der Waals surface area contributed by atoms with Crippen molar-refractivity contribution in [3.8, 4) is 0 Å². The van der Waals surface area contributed by atoms with Gasteiger partial charge in [0.15, 0.2) is 0 Å². The molecule has 0 aromatic carbocycles. The maximum absolute atomic E-state index is 4.24. The number of nitrogens with one attached hydrogen (secondary N) is 1. The predicted molar refractivity (Wildman–Crippen MR) is 78.6 cm³/mol. The molecule has 1 unspecified atom stereocenters. The van der Waals surface area contributed by atoms with Gasteiger partial charge in [-0.1, -0.05) is 0 Å². The number of rotatable bonds is 3. The van der Waals surface area contributed by atoms with Crippen LogP contribution in [-0.2, 0) is 13.6 Å². The summed E-state index contributed by atoms with van der Waals surface area (Å²) in [6.45, 7) is 8.23. The first-order valence-electron chi connectivity index (χ1n) is 6.96. The maximum atomic E-state index is 4.24. The van der Waals surface area contributed by atoms with Crippen molar-refractivity contribution < 1.29 is 0 Å². The molecule has 1 atom stereocenters. The highest BCUT2D eigenvalue weighted by atomic mass is 35.5. The van der Waals surface area contributed by atoms with Crippen LogP contribution in [0.4, 0.5) is 0 Å². The predicted octanol–water partition coefficient (Wildman–Crippen LogP) is 0.321. The lowest BCUT2D eigenvalue weighted by molar-refractivity contribution is 0.170. The minimum atomic E-state index is 0. The molecular weight excluding hydrogens is 262 g/mol. The Kier molecular flexibility index (Phi) is 5.21. The minimum Gasteiger partial charge on any atom is -0.314 e. The van der Waals surface area contributed by atoms with Crippen molar-refractivity contribution in [3.63, 3.8) is 0 Å². The van der Waals surface area contributed by atoms with E-state index in [0.29, 0.717) is 0 Å². The molecule has 1 aromatic rings. The fraction of sp³-hybridized carbons (Fsp3) is 0.769. The van der Waals surface area contributed by atoms with Crippen molar-refractivity contribution in [2.75, 3.05) is 39.3 Å². The topological polar surface area (TPSA) is 36.3 Å². The highest BCUT2D eigenvalue weighted by Crippen LogP contribution is 2.18. The molecule has 0 spiro atoms. The third-order valence-corrected chi connectivity index (χ3v) is 4.08. The van der Waals surface area contributed by atoms with E-state index in [9.17, 15) is 0 Å². The molecule has 0 bridgehead atoms. The fourth-order valence-corrected chi connectivity index (χ4v) is 3.11. The van der Waals surface area contributed by atoms with E-state index in [1.54, 1.807) is 0 Å². The summed E-state index contributed by atoms with van der Waals surface area (Å²) in [5, 5.41) is 7.66. The number of aryl methyl sites for hydroxylation is 1. The number of hydrogen-bond acceptors (Lipinski definition) is 4. The Morgan fingerprint density at radius 1 is 1.32 bits per heavy atom. The highest BCUT2D eigenvalue weighted by Gasteiger charge is 2.28. The van der Waals surface area contributed by atoms with Crippen molar-refractivity contribution in [1.82, 2.24) is 24.9 Å². The molecule has 0 radical (unpaired) electrons. The van der Waals surface area contributed by atoms with Crippen molar-refractivity contribution >= 4 is 12.4 Å². The van der Waals surface area contributed by atoms with Gasteiger partial charge in [0.1, 0.15) is 0 Å². The van der Waals surface area contributed by atoms with E-state index < -0.39 is 0 Å². The van der Waals surface area contributed by atoms with Gasteiger partial charge in [0, 0.05) is 70.7 Å². The molecule has 6 heteroatoms. The first-order chi connectivity index (χ1) is 8.81. The van der Waals surface area contributed by atoms with Crippen LogP contribution in [-0.4, -0.2) is 64.9 Å². The third kappa shape index (κ3) is 3.69. The smallest absolute Gasteiger partial charge is 0.0534 e. The summed E-state index contributed by atoms with van der Waals surface area (Å²) in [6, 6.07) is 0.767. The van der Waals surface area contributed by atoms with Crippen LogP contribution in [0.1, 0.15) is 12.0 Å². The average Bonchev–Trinajstić information content (AvgIpc) is 3.01. The quantitative estimate of drug-likeness (QED) is 0.868. The lowest BCUT2D eigenvalue weighted by Crippen LogP contribution is -2.49. The normalized spacial score (nSPS) is 25.4. The molecule has 3 rings (SSSR count). The molecule has 0 saturated carbocycles. The van der Waals surface area contributed by atoms with E-state index in [0.717, 1.165) is 25.7 Å². The van der Waals surface area contributed by atoms with Gasteiger partial charge in [-0.05, 0) is 6.42 Å². The maximum Gasteiger partial charge on any atom is 0.0534 e. The second-order valence-corrected chi connectivity index (χ2v) is 5.49. The van der Waals surface area contributed by atoms with E-state index in [2.05, 4.69) is 26.4 Å². The average molecular weight is 286 g/mol. The lowest BCUT2D eigenvalue weighted by atomic mass is 10.2. The Morgan fingerprint density at radius 3 is 2.79 bits per heavy atom. The molecular formula is C13H24ClN5. The van der Waals surface area contributed by atoms with Gasteiger partial charge in [-0.25, -0.2) is 0 Å². The lowest BCUT2D eigenvalue weighted by Gasteiger charge is -2.32. The molecule has 2 aliphatic rings. The summed E-state index contributed by atoms with van der Waals surface area (Å²) in [5.41, 5.74) is 1.33.